The van der Waals surface area contributed by atoms with Crippen LogP contribution in [-0.4, -0.2) is 49.1 Å². The van der Waals surface area contributed by atoms with Crippen molar-refractivity contribution in [2.24, 2.45) is 5.92 Å². The molecule has 3 heterocycles. The van der Waals surface area contributed by atoms with E-state index in [9.17, 15) is 18.0 Å². The van der Waals surface area contributed by atoms with Crippen LogP contribution >= 0.6 is 11.3 Å². The van der Waals surface area contributed by atoms with Gasteiger partial charge in [-0.1, -0.05) is 0 Å². The molecule has 1 saturated carbocycles. The van der Waals surface area contributed by atoms with Gasteiger partial charge in [-0.2, -0.15) is 13.2 Å². The van der Waals surface area contributed by atoms with E-state index in [2.05, 4.69) is 31.7 Å². The molecule has 0 saturated heterocycles. The fourth-order valence-electron chi connectivity index (χ4n) is 3.13. The number of halogens is 3. The molecule has 1 aliphatic carbocycles. The Kier molecular flexibility index (Phi) is 6.76. The Morgan fingerprint density at radius 1 is 1.30 bits per heavy atom. The monoisotopic (exact) mass is 445 g/mol. The van der Waals surface area contributed by atoms with Crippen molar-refractivity contribution in [3.05, 3.63) is 34.3 Å². The molecule has 1 amide bonds. The van der Waals surface area contributed by atoms with Crippen LogP contribution in [0.25, 0.3) is 0 Å². The second-order valence-corrected chi connectivity index (χ2v) is 8.11. The minimum atomic E-state index is -5.08. The number of rotatable bonds is 5. The van der Waals surface area contributed by atoms with Gasteiger partial charge in [0.25, 0.3) is 0 Å². The SMILES string of the molecule is CC1c2ncc(CNC(=O)C3CC3)n2CCN1Cc1nccs1.O=C(O)C(F)(F)F. The van der Waals surface area contributed by atoms with Gasteiger partial charge in [-0.3, -0.25) is 9.69 Å². The van der Waals surface area contributed by atoms with Crippen LogP contribution in [0, 0.1) is 5.92 Å². The Morgan fingerprint density at radius 3 is 2.57 bits per heavy atom. The van der Waals surface area contributed by atoms with Gasteiger partial charge < -0.3 is 15.0 Å². The molecule has 0 spiro atoms. The lowest BCUT2D eigenvalue weighted by atomic mass is 10.2. The molecule has 8 nitrogen and oxygen atoms in total. The third-order valence-corrected chi connectivity index (χ3v) is 5.72. The molecular formula is C18H22F3N5O3S. The first-order valence-electron chi connectivity index (χ1n) is 9.41. The molecule has 0 radical (unpaired) electrons. The third kappa shape index (κ3) is 5.57. The number of hydrogen-bond donors (Lipinski definition) is 2. The number of carbonyl (C=O) groups is 2. The van der Waals surface area contributed by atoms with Crippen molar-refractivity contribution in [2.45, 2.75) is 51.6 Å². The van der Waals surface area contributed by atoms with Crippen LogP contribution in [0.15, 0.2) is 17.8 Å². The molecule has 12 heteroatoms. The van der Waals surface area contributed by atoms with Gasteiger partial charge in [0.1, 0.15) is 10.8 Å². The Balaban J connectivity index is 0.000000318. The van der Waals surface area contributed by atoms with Crippen LogP contribution < -0.4 is 5.32 Å². The maximum atomic E-state index is 11.8. The summed E-state index contributed by atoms with van der Waals surface area (Å²) in [5.74, 6) is -1.22. The maximum absolute atomic E-state index is 11.8. The molecule has 30 heavy (non-hydrogen) atoms. The fraction of sp³-hybridized carbons (Fsp3) is 0.556. The predicted molar refractivity (Wildman–Crippen MR) is 101 cm³/mol. The summed E-state index contributed by atoms with van der Waals surface area (Å²) >= 11 is 1.70. The van der Waals surface area contributed by atoms with Crippen LogP contribution in [0.2, 0.25) is 0 Å². The fourth-order valence-corrected chi connectivity index (χ4v) is 3.77. The summed E-state index contributed by atoms with van der Waals surface area (Å²) < 4.78 is 34.0. The first kappa shape index (κ1) is 22.2. The molecule has 1 atom stereocenters. The van der Waals surface area contributed by atoms with Gasteiger partial charge in [-0.05, 0) is 19.8 Å². The van der Waals surface area contributed by atoms with Crippen LogP contribution in [0.5, 0.6) is 0 Å². The quantitative estimate of drug-likeness (QED) is 0.734. The van der Waals surface area contributed by atoms with Crippen molar-refractivity contribution in [2.75, 3.05) is 6.54 Å². The second-order valence-electron chi connectivity index (χ2n) is 7.13. The second kappa shape index (κ2) is 9.13. The number of aromatic nitrogens is 3. The maximum Gasteiger partial charge on any atom is 0.490 e. The number of fused-ring (bicyclic) bond motifs is 1. The lowest BCUT2D eigenvalue weighted by Gasteiger charge is -2.33. The smallest absolute Gasteiger partial charge is 0.475 e. The number of carboxylic acid groups (broad SMARTS) is 1. The number of hydrogen-bond acceptors (Lipinski definition) is 6. The van der Waals surface area contributed by atoms with Crippen LogP contribution in [-0.2, 0) is 29.2 Å². The van der Waals surface area contributed by atoms with Crippen molar-refractivity contribution in [1.82, 2.24) is 24.8 Å². The highest BCUT2D eigenvalue weighted by Crippen LogP contribution is 2.29. The minimum absolute atomic E-state index is 0.190. The summed E-state index contributed by atoms with van der Waals surface area (Å²) in [6, 6.07) is 0.264. The minimum Gasteiger partial charge on any atom is -0.475 e. The van der Waals surface area contributed by atoms with Gasteiger partial charge in [-0.15, -0.1) is 11.3 Å². The molecule has 0 aromatic carbocycles. The molecule has 2 aromatic rings. The largest absolute Gasteiger partial charge is 0.490 e. The summed E-state index contributed by atoms with van der Waals surface area (Å²) in [6.07, 6.45) is 0.764. The van der Waals surface area contributed by atoms with Crippen molar-refractivity contribution in [3.8, 4) is 0 Å². The molecular weight excluding hydrogens is 423 g/mol. The number of carboxylic acids is 1. The number of amides is 1. The van der Waals surface area contributed by atoms with E-state index in [1.54, 1.807) is 11.3 Å². The van der Waals surface area contributed by atoms with Crippen LogP contribution in [0.4, 0.5) is 13.2 Å². The number of alkyl halides is 3. The van der Waals surface area contributed by atoms with Gasteiger partial charge >= 0.3 is 12.1 Å². The average Bonchev–Trinajstić information content (AvgIpc) is 3.25. The summed E-state index contributed by atoms with van der Waals surface area (Å²) in [6.45, 7) is 5.55. The molecule has 1 fully saturated rings. The van der Waals surface area contributed by atoms with Gasteiger partial charge in [0.05, 0.1) is 31.0 Å². The zero-order valence-electron chi connectivity index (χ0n) is 16.2. The first-order chi connectivity index (χ1) is 14.2. The van der Waals surface area contributed by atoms with Crippen molar-refractivity contribution in [3.63, 3.8) is 0 Å². The van der Waals surface area contributed by atoms with E-state index in [-0.39, 0.29) is 17.9 Å². The molecule has 2 aromatic heterocycles. The molecule has 1 unspecified atom stereocenters. The van der Waals surface area contributed by atoms with Gasteiger partial charge in [-0.25, -0.2) is 14.8 Å². The highest BCUT2D eigenvalue weighted by molar-refractivity contribution is 7.09. The predicted octanol–water partition coefficient (Wildman–Crippen LogP) is 2.58. The molecule has 164 valence electrons. The summed E-state index contributed by atoms with van der Waals surface area (Å²) in [5.41, 5.74) is 1.11. The Labute approximate surface area is 174 Å². The normalized spacial score (nSPS) is 18.9. The Bertz CT molecular complexity index is 880. The first-order valence-corrected chi connectivity index (χ1v) is 10.3. The van der Waals surface area contributed by atoms with E-state index in [1.807, 2.05) is 17.8 Å². The van der Waals surface area contributed by atoms with E-state index in [4.69, 9.17) is 9.90 Å². The Hall–Kier alpha value is -2.47. The number of thiazole rings is 1. The Morgan fingerprint density at radius 2 is 2.00 bits per heavy atom. The number of carbonyl (C=O) groups excluding carboxylic acids is 1. The molecule has 0 bridgehead atoms. The van der Waals surface area contributed by atoms with Crippen LogP contribution in [0.1, 0.15) is 42.3 Å². The van der Waals surface area contributed by atoms with Crippen LogP contribution in [0.3, 0.4) is 0 Å². The zero-order chi connectivity index (χ0) is 21.9. The lowest BCUT2D eigenvalue weighted by molar-refractivity contribution is -0.192. The number of imidazole rings is 1. The average molecular weight is 445 g/mol. The summed E-state index contributed by atoms with van der Waals surface area (Å²) in [7, 11) is 0. The summed E-state index contributed by atoms with van der Waals surface area (Å²) in [5, 5.41) is 13.3. The number of nitrogens with one attached hydrogen (secondary N) is 1. The van der Waals surface area contributed by atoms with E-state index >= 15 is 0 Å². The van der Waals surface area contributed by atoms with Crippen molar-refractivity contribution in [1.29, 1.82) is 0 Å². The highest BCUT2D eigenvalue weighted by atomic mass is 32.1. The topological polar surface area (TPSA) is 100 Å². The van der Waals surface area contributed by atoms with Crippen molar-refractivity contribution >= 4 is 23.2 Å². The van der Waals surface area contributed by atoms with Gasteiger partial charge in [0, 0.05) is 30.6 Å². The molecule has 4 rings (SSSR count). The number of aliphatic carboxylic acids is 1. The lowest BCUT2D eigenvalue weighted by Crippen LogP contribution is -2.37. The zero-order valence-corrected chi connectivity index (χ0v) is 17.0. The van der Waals surface area contributed by atoms with E-state index in [0.29, 0.717) is 6.54 Å². The van der Waals surface area contributed by atoms with Gasteiger partial charge in [0.2, 0.25) is 5.91 Å². The van der Waals surface area contributed by atoms with E-state index in [1.165, 1.54) is 0 Å². The van der Waals surface area contributed by atoms with Gasteiger partial charge in [0.15, 0.2) is 0 Å². The molecule has 1 aliphatic heterocycles. The van der Waals surface area contributed by atoms with E-state index < -0.39 is 12.1 Å². The highest BCUT2D eigenvalue weighted by Gasteiger charge is 2.38. The standard InChI is InChI=1S/C16H21N5OS.C2HF3O2/c1-11-15-18-8-13(9-19-16(22)12-2-3-12)21(15)6-5-20(11)10-14-17-4-7-23-14;3-2(4,5)1(6)7/h4,7-8,11-12H,2-3,5-6,9-10H2,1H3,(H,19,22);(H,6,7). The third-order valence-electron chi connectivity index (χ3n) is 4.96. The molecule has 2 aliphatic rings. The van der Waals surface area contributed by atoms with E-state index in [0.717, 1.165) is 49.0 Å². The van der Waals surface area contributed by atoms with Crippen molar-refractivity contribution < 1.29 is 27.9 Å². The summed E-state index contributed by atoms with van der Waals surface area (Å²) in [4.78, 5) is 32.1. The number of nitrogens with zero attached hydrogens (tertiary/aromatic N) is 4. The molecule has 2 N–H and O–H groups in total.